The van der Waals surface area contributed by atoms with E-state index < -0.39 is 12.4 Å². The van der Waals surface area contributed by atoms with Crippen LogP contribution in [0.1, 0.15) is 49.4 Å². The number of nitrogens with zero attached hydrogens (tertiary/aromatic N) is 2. The standard InChI is InChI=1S/C22H21F2N3O2/c1-12(2)21-16(6-7-20(28)29)17-10-18-14(11-25-26-18)9-19(17)27(21)15-5-3-4-13(8-15)22(23)24/h3-5,8-12,22H,6-7H2,1-2H3,(H,25,26)(H,28,29). The Morgan fingerprint density at radius 1 is 1.24 bits per heavy atom. The number of aromatic amines is 1. The zero-order valence-corrected chi connectivity index (χ0v) is 16.1. The van der Waals surface area contributed by atoms with Gasteiger partial charge in [-0.3, -0.25) is 9.89 Å². The van der Waals surface area contributed by atoms with Crippen LogP contribution in [0.4, 0.5) is 8.78 Å². The molecule has 0 aliphatic carbocycles. The van der Waals surface area contributed by atoms with Gasteiger partial charge in [0.05, 0.1) is 17.2 Å². The Balaban J connectivity index is 2.06. The average molecular weight is 397 g/mol. The van der Waals surface area contributed by atoms with Gasteiger partial charge in [0, 0.05) is 34.1 Å². The summed E-state index contributed by atoms with van der Waals surface area (Å²) in [5.74, 6) is -0.805. The van der Waals surface area contributed by atoms with Crippen molar-refractivity contribution in [2.45, 2.75) is 39.0 Å². The minimum Gasteiger partial charge on any atom is -0.481 e. The fraction of sp³-hybridized carbons (Fsp3) is 0.273. The highest BCUT2D eigenvalue weighted by Gasteiger charge is 2.22. The van der Waals surface area contributed by atoms with E-state index in [1.165, 1.54) is 12.1 Å². The number of carboxylic acids is 1. The topological polar surface area (TPSA) is 70.9 Å². The number of fused-ring (bicyclic) bond motifs is 2. The number of hydrogen-bond donors (Lipinski definition) is 2. The van der Waals surface area contributed by atoms with Gasteiger partial charge in [-0.15, -0.1) is 0 Å². The SMILES string of the molecule is CC(C)c1c(CCC(=O)O)c2cc3[nH]ncc3cc2n1-c1cccc(C(F)F)c1. The first-order chi connectivity index (χ1) is 13.9. The van der Waals surface area contributed by atoms with E-state index in [1.54, 1.807) is 18.3 Å². The van der Waals surface area contributed by atoms with E-state index in [4.69, 9.17) is 0 Å². The quantitative estimate of drug-likeness (QED) is 0.446. The lowest BCUT2D eigenvalue weighted by Crippen LogP contribution is -2.06. The molecule has 7 heteroatoms. The molecule has 0 atom stereocenters. The number of rotatable bonds is 6. The minimum absolute atomic E-state index is 0.00306. The van der Waals surface area contributed by atoms with Crippen LogP contribution in [-0.4, -0.2) is 25.8 Å². The van der Waals surface area contributed by atoms with Crippen molar-refractivity contribution in [3.8, 4) is 5.69 Å². The Morgan fingerprint density at radius 3 is 2.72 bits per heavy atom. The number of halogens is 2. The second-order valence-electron chi connectivity index (χ2n) is 7.47. The Bertz CT molecular complexity index is 1210. The largest absolute Gasteiger partial charge is 0.481 e. The van der Waals surface area contributed by atoms with Gasteiger partial charge in [0.25, 0.3) is 6.43 Å². The van der Waals surface area contributed by atoms with Gasteiger partial charge in [0.2, 0.25) is 0 Å². The average Bonchev–Trinajstić information content (AvgIpc) is 3.26. The molecule has 0 bridgehead atoms. The fourth-order valence-corrected chi connectivity index (χ4v) is 3.99. The number of aliphatic carboxylic acids is 1. The van der Waals surface area contributed by atoms with Crippen LogP contribution < -0.4 is 0 Å². The van der Waals surface area contributed by atoms with Crippen molar-refractivity contribution < 1.29 is 18.7 Å². The second-order valence-corrected chi connectivity index (χ2v) is 7.47. The zero-order valence-electron chi connectivity index (χ0n) is 16.1. The Morgan fingerprint density at radius 2 is 2.03 bits per heavy atom. The lowest BCUT2D eigenvalue weighted by Gasteiger charge is -2.16. The van der Waals surface area contributed by atoms with Gasteiger partial charge in [-0.25, -0.2) is 8.78 Å². The molecule has 150 valence electrons. The predicted molar refractivity (Wildman–Crippen MR) is 108 cm³/mol. The number of carboxylic acid groups (broad SMARTS) is 1. The van der Waals surface area contributed by atoms with E-state index in [0.717, 1.165) is 33.1 Å². The summed E-state index contributed by atoms with van der Waals surface area (Å²) in [6.45, 7) is 4.05. The van der Waals surface area contributed by atoms with Gasteiger partial charge >= 0.3 is 5.97 Å². The highest BCUT2D eigenvalue weighted by Crippen LogP contribution is 2.37. The van der Waals surface area contributed by atoms with E-state index in [1.807, 2.05) is 30.5 Å². The van der Waals surface area contributed by atoms with Crippen molar-refractivity contribution in [3.05, 3.63) is 59.4 Å². The molecule has 0 fully saturated rings. The van der Waals surface area contributed by atoms with Gasteiger partial charge in [-0.1, -0.05) is 26.0 Å². The van der Waals surface area contributed by atoms with Crippen LogP contribution in [0.15, 0.2) is 42.6 Å². The van der Waals surface area contributed by atoms with Crippen LogP contribution in [0.2, 0.25) is 0 Å². The zero-order chi connectivity index (χ0) is 20.7. The summed E-state index contributed by atoms with van der Waals surface area (Å²) in [4.78, 5) is 11.3. The van der Waals surface area contributed by atoms with Crippen molar-refractivity contribution in [2.24, 2.45) is 0 Å². The first kappa shape index (κ1) is 19.1. The normalized spacial score (nSPS) is 11.9. The molecule has 2 heterocycles. The van der Waals surface area contributed by atoms with Crippen molar-refractivity contribution in [1.29, 1.82) is 0 Å². The van der Waals surface area contributed by atoms with Gasteiger partial charge in [0.15, 0.2) is 0 Å². The molecule has 0 aliphatic heterocycles. The van der Waals surface area contributed by atoms with Gasteiger partial charge in [-0.2, -0.15) is 5.10 Å². The summed E-state index contributed by atoms with van der Waals surface area (Å²) in [6, 6.07) is 10.3. The third-order valence-corrected chi connectivity index (χ3v) is 5.19. The maximum absolute atomic E-state index is 13.3. The third kappa shape index (κ3) is 3.37. The van der Waals surface area contributed by atoms with Crippen LogP contribution in [0.25, 0.3) is 27.5 Å². The first-order valence-corrected chi connectivity index (χ1v) is 9.47. The molecule has 2 N–H and O–H groups in total. The molecule has 29 heavy (non-hydrogen) atoms. The monoisotopic (exact) mass is 397 g/mol. The summed E-state index contributed by atoms with van der Waals surface area (Å²) >= 11 is 0. The Labute approximate surface area is 166 Å². The number of carbonyl (C=O) groups is 1. The molecule has 0 amide bonds. The van der Waals surface area contributed by atoms with E-state index in [2.05, 4.69) is 10.2 Å². The van der Waals surface area contributed by atoms with Crippen molar-refractivity contribution in [2.75, 3.05) is 0 Å². The maximum Gasteiger partial charge on any atom is 0.303 e. The van der Waals surface area contributed by atoms with Crippen LogP contribution in [0.3, 0.4) is 0 Å². The molecular formula is C22H21F2N3O2. The molecule has 0 spiro atoms. The van der Waals surface area contributed by atoms with Crippen LogP contribution in [0.5, 0.6) is 0 Å². The lowest BCUT2D eigenvalue weighted by molar-refractivity contribution is -0.136. The van der Waals surface area contributed by atoms with Gasteiger partial charge in [0.1, 0.15) is 0 Å². The summed E-state index contributed by atoms with van der Waals surface area (Å²) in [6.07, 6.45) is -0.489. The van der Waals surface area contributed by atoms with Crippen LogP contribution >= 0.6 is 0 Å². The number of aryl methyl sites for hydroxylation is 1. The molecule has 4 aromatic rings. The summed E-state index contributed by atoms with van der Waals surface area (Å²) < 4.78 is 28.6. The molecule has 2 aromatic carbocycles. The van der Waals surface area contributed by atoms with Crippen molar-refractivity contribution >= 4 is 27.8 Å². The molecule has 2 aromatic heterocycles. The first-order valence-electron chi connectivity index (χ1n) is 9.47. The molecule has 4 rings (SSSR count). The third-order valence-electron chi connectivity index (χ3n) is 5.19. The molecule has 0 radical (unpaired) electrons. The number of H-pyrrole nitrogens is 1. The molecule has 0 unspecified atom stereocenters. The van der Waals surface area contributed by atoms with E-state index >= 15 is 0 Å². The highest BCUT2D eigenvalue weighted by molar-refractivity contribution is 5.98. The Hall–Kier alpha value is -3.22. The van der Waals surface area contributed by atoms with Gasteiger partial charge < -0.3 is 9.67 Å². The van der Waals surface area contributed by atoms with Crippen LogP contribution in [-0.2, 0) is 11.2 Å². The maximum atomic E-state index is 13.3. The van der Waals surface area contributed by atoms with Gasteiger partial charge in [-0.05, 0) is 42.2 Å². The number of nitrogens with one attached hydrogen (secondary N) is 1. The van der Waals surface area contributed by atoms with Crippen molar-refractivity contribution in [3.63, 3.8) is 0 Å². The van der Waals surface area contributed by atoms with E-state index in [0.29, 0.717) is 12.1 Å². The summed E-state index contributed by atoms with van der Waals surface area (Å²) in [7, 11) is 0. The minimum atomic E-state index is -2.56. The van der Waals surface area contributed by atoms with Crippen molar-refractivity contribution in [1.82, 2.24) is 14.8 Å². The lowest BCUT2D eigenvalue weighted by atomic mass is 9.99. The highest BCUT2D eigenvalue weighted by atomic mass is 19.3. The number of aromatic nitrogens is 3. The molecule has 0 aliphatic rings. The summed E-state index contributed by atoms with van der Waals surface area (Å²) in [5, 5.41) is 18.1. The fourth-order valence-electron chi connectivity index (χ4n) is 3.99. The number of benzene rings is 2. The smallest absolute Gasteiger partial charge is 0.303 e. The second kappa shape index (κ2) is 7.31. The van der Waals surface area contributed by atoms with Crippen LogP contribution in [0, 0.1) is 0 Å². The molecule has 0 saturated carbocycles. The molecule has 0 saturated heterocycles. The number of hydrogen-bond acceptors (Lipinski definition) is 2. The molecule has 5 nitrogen and oxygen atoms in total. The van der Waals surface area contributed by atoms with E-state index in [9.17, 15) is 18.7 Å². The van der Waals surface area contributed by atoms with E-state index in [-0.39, 0.29) is 17.9 Å². The summed E-state index contributed by atoms with van der Waals surface area (Å²) in [5.41, 5.74) is 4.17. The number of alkyl halides is 2. The Kier molecular flexibility index (Phi) is 4.82. The predicted octanol–water partition coefficient (Wildman–Crippen LogP) is 5.59. The molecular weight excluding hydrogens is 376 g/mol.